The zero-order valence-electron chi connectivity index (χ0n) is 12.1. The second-order valence-corrected chi connectivity index (χ2v) is 6.20. The zero-order valence-corrected chi connectivity index (χ0v) is 12.1. The van der Waals surface area contributed by atoms with Crippen molar-refractivity contribution in [1.29, 1.82) is 0 Å². The topological polar surface area (TPSA) is 32.3 Å². The van der Waals surface area contributed by atoms with E-state index in [4.69, 9.17) is 0 Å². The minimum Gasteiger partial charge on any atom is -0.396 e. The largest absolute Gasteiger partial charge is 0.396 e. The molecule has 2 bridgehead atoms. The van der Waals surface area contributed by atoms with Gasteiger partial charge in [0.1, 0.15) is 0 Å². The van der Waals surface area contributed by atoms with Crippen molar-refractivity contribution in [2.75, 3.05) is 6.61 Å². The van der Waals surface area contributed by atoms with Gasteiger partial charge in [-0.05, 0) is 41.5 Å². The van der Waals surface area contributed by atoms with E-state index in [0.29, 0.717) is 18.0 Å². The van der Waals surface area contributed by atoms with Crippen molar-refractivity contribution < 1.29 is 5.11 Å². The molecule has 2 nitrogen and oxygen atoms in total. The van der Waals surface area contributed by atoms with Gasteiger partial charge in [-0.25, -0.2) is 0 Å². The Morgan fingerprint density at radius 1 is 0.952 bits per heavy atom. The fourth-order valence-corrected chi connectivity index (χ4v) is 4.13. The molecule has 2 N–H and O–H groups in total. The van der Waals surface area contributed by atoms with Crippen LogP contribution in [0.4, 0.5) is 0 Å². The number of benzene rings is 2. The Morgan fingerprint density at radius 3 is 2.48 bits per heavy atom. The number of fused-ring (bicyclic) bond motifs is 1. The predicted octanol–water partition coefficient (Wildman–Crippen LogP) is 3.16. The number of nitrogens with one attached hydrogen (secondary N) is 1. The summed E-state index contributed by atoms with van der Waals surface area (Å²) in [5.74, 6) is 0.419. The SMILES string of the molecule is OCCC[C@@H]1N[C@H]2Cc3ccccc3[C@@H]1c1ccccc12. The summed E-state index contributed by atoms with van der Waals surface area (Å²) >= 11 is 0. The van der Waals surface area contributed by atoms with Crippen molar-refractivity contribution in [2.45, 2.75) is 37.3 Å². The van der Waals surface area contributed by atoms with Crippen molar-refractivity contribution in [2.24, 2.45) is 0 Å². The summed E-state index contributed by atoms with van der Waals surface area (Å²) in [7, 11) is 0. The predicted molar refractivity (Wildman–Crippen MR) is 84.4 cm³/mol. The molecule has 0 amide bonds. The van der Waals surface area contributed by atoms with Gasteiger partial charge in [0.05, 0.1) is 0 Å². The van der Waals surface area contributed by atoms with Crippen LogP contribution in [0.3, 0.4) is 0 Å². The summed E-state index contributed by atoms with van der Waals surface area (Å²) in [6.07, 6.45) is 2.96. The number of aliphatic hydroxyl groups excluding tert-OH is 1. The minimum absolute atomic E-state index is 0.277. The van der Waals surface area contributed by atoms with Gasteiger partial charge in [0.15, 0.2) is 0 Å². The smallest absolute Gasteiger partial charge is 0.0431 e. The molecule has 0 radical (unpaired) electrons. The summed E-state index contributed by atoms with van der Waals surface area (Å²) in [5.41, 5.74) is 5.89. The first-order valence-electron chi connectivity index (χ1n) is 7.92. The van der Waals surface area contributed by atoms with E-state index in [1.54, 1.807) is 0 Å². The van der Waals surface area contributed by atoms with E-state index in [1.807, 2.05) is 0 Å². The summed E-state index contributed by atoms with van der Waals surface area (Å²) in [5, 5.41) is 13.0. The van der Waals surface area contributed by atoms with E-state index >= 15 is 0 Å². The molecule has 0 saturated carbocycles. The van der Waals surface area contributed by atoms with Gasteiger partial charge in [0.25, 0.3) is 0 Å². The maximum atomic E-state index is 9.20. The van der Waals surface area contributed by atoms with Gasteiger partial charge in [-0.1, -0.05) is 48.5 Å². The molecular formula is C19H21NO. The van der Waals surface area contributed by atoms with E-state index in [1.165, 1.54) is 22.3 Å². The second-order valence-electron chi connectivity index (χ2n) is 6.20. The van der Waals surface area contributed by atoms with Crippen LogP contribution < -0.4 is 5.32 Å². The normalized spacial score (nSPS) is 26.0. The van der Waals surface area contributed by atoms with E-state index in [0.717, 1.165) is 19.3 Å². The lowest BCUT2D eigenvalue weighted by Gasteiger charge is -2.37. The lowest BCUT2D eigenvalue weighted by Crippen LogP contribution is -2.41. The molecule has 3 aliphatic rings. The van der Waals surface area contributed by atoms with Crippen molar-refractivity contribution in [3.8, 4) is 0 Å². The van der Waals surface area contributed by atoms with E-state index < -0.39 is 0 Å². The average molecular weight is 279 g/mol. The second kappa shape index (κ2) is 5.28. The number of hydrogen-bond donors (Lipinski definition) is 2. The number of hydrogen-bond acceptors (Lipinski definition) is 2. The summed E-state index contributed by atoms with van der Waals surface area (Å²) in [6, 6.07) is 18.6. The molecule has 0 aromatic heterocycles. The van der Waals surface area contributed by atoms with Crippen molar-refractivity contribution in [3.05, 3.63) is 70.8 Å². The third kappa shape index (κ3) is 2.10. The molecule has 2 aromatic rings. The zero-order chi connectivity index (χ0) is 14.2. The van der Waals surface area contributed by atoms with E-state index in [9.17, 15) is 5.11 Å². The first kappa shape index (κ1) is 13.1. The molecule has 21 heavy (non-hydrogen) atoms. The Bertz CT molecular complexity index is 652. The quantitative estimate of drug-likeness (QED) is 0.904. The molecule has 5 rings (SSSR count). The molecular weight excluding hydrogens is 258 g/mol. The van der Waals surface area contributed by atoms with Gasteiger partial charge in [0.2, 0.25) is 0 Å². The van der Waals surface area contributed by atoms with Gasteiger partial charge in [-0.2, -0.15) is 0 Å². The lowest BCUT2D eigenvalue weighted by atomic mass is 9.78. The minimum atomic E-state index is 0.277. The maximum absolute atomic E-state index is 9.20. The fourth-order valence-electron chi connectivity index (χ4n) is 4.13. The Morgan fingerprint density at radius 2 is 1.67 bits per heavy atom. The van der Waals surface area contributed by atoms with E-state index in [2.05, 4.69) is 53.8 Å². The third-order valence-corrected chi connectivity index (χ3v) is 5.01. The van der Waals surface area contributed by atoms with Gasteiger partial charge in [-0.3, -0.25) is 0 Å². The monoisotopic (exact) mass is 279 g/mol. The molecule has 3 atom stereocenters. The van der Waals surface area contributed by atoms with Crippen molar-refractivity contribution in [1.82, 2.24) is 5.32 Å². The van der Waals surface area contributed by atoms with Crippen LogP contribution in [0.2, 0.25) is 0 Å². The highest BCUT2D eigenvalue weighted by Crippen LogP contribution is 2.45. The number of rotatable bonds is 3. The first-order valence-corrected chi connectivity index (χ1v) is 7.92. The Hall–Kier alpha value is -1.64. The molecule has 1 aliphatic carbocycles. The molecule has 0 unspecified atom stereocenters. The highest BCUT2D eigenvalue weighted by Gasteiger charge is 2.38. The maximum Gasteiger partial charge on any atom is 0.0431 e. The highest BCUT2D eigenvalue weighted by atomic mass is 16.2. The summed E-state index contributed by atoms with van der Waals surface area (Å²) in [6.45, 7) is 0.277. The third-order valence-electron chi connectivity index (χ3n) is 5.01. The Labute approximate surface area is 125 Å². The van der Waals surface area contributed by atoms with Gasteiger partial charge in [0, 0.05) is 24.6 Å². The fraction of sp³-hybridized carbons (Fsp3) is 0.368. The van der Waals surface area contributed by atoms with Crippen LogP contribution in [0, 0.1) is 0 Å². The molecule has 2 heterocycles. The average Bonchev–Trinajstić information content (AvgIpc) is 2.78. The van der Waals surface area contributed by atoms with Crippen LogP contribution in [-0.2, 0) is 6.42 Å². The first-order chi connectivity index (χ1) is 10.4. The molecule has 0 saturated heterocycles. The highest BCUT2D eigenvalue weighted by molar-refractivity contribution is 5.49. The van der Waals surface area contributed by atoms with Gasteiger partial charge >= 0.3 is 0 Å². The van der Waals surface area contributed by atoms with Crippen LogP contribution in [-0.4, -0.2) is 17.8 Å². The Kier molecular flexibility index (Phi) is 3.28. The van der Waals surface area contributed by atoms with Crippen LogP contribution in [0.1, 0.15) is 47.1 Å². The van der Waals surface area contributed by atoms with Gasteiger partial charge < -0.3 is 10.4 Å². The molecule has 2 heteroatoms. The lowest BCUT2D eigenvalue weighted by molar-refractivity contribution is 0.264. The molecule has 0 spiro atoms. The number of aliphatic hydroxyl groups is 1. The van der Waals surface area contributed by atoms with Crippen molar-refractivity contribution >= 4 is 0 Å². The van der Waals surface area contributed by atoms with Gasteiger partial charge in [-0.15, -0.1) is 0 Å². The van der Waals surface area contributed by atoms with Crippen LogP contribution in [0.5, 0.6) is 0 Å². The van der Waals surface area contributed by atoms with Crippen LogP contribution in [0.15, 0.2) is 48.5 Å². The molecule has 0 fully saturated rings. The van der Waals surface area contributed by atoms with Crippen LogP contribution >= 0.6 is 0 Å². The molecule has 2 aromatic carbocycles. The summed E-state index contributed by atoms with van der Waals surface area (Å²) in [4.78, 5) is 0. The van der Waals surface area contributed by atoms with Crippen LogP contribution in [0.25, 0.3) is 0 Å². The molecule has 2 aliphatic heterocycles. The van der Waals surface area contributed by atoms with Crippen molar-refractivity contribution in [3.63, 3.8) is 0 Å². The summed E-state index contributed by atoms with van der Waals surface area (Å²) < 4.78 is 0. The van der Waals surface area contributed by atoms with E-state index in [-0.39, 0.29) is 6.61 Å². The molecule has 108 valence electrons. The standard InChI is InChI=1S/C19H21NO/c21-11-5-10-17-19-14-7-2-1-6-13(14)12-18(20-17)15-8-3-4-9-16(15)19/h1-4,6-9,17-21H,5,10-12H2/t17-,18-,19+/m0/s1. The Balaban J connectivity index is 1.86.